The Kier molecular flexibility index (Phi) is 5.76. The fourth-order valence-electron chi connectivity index (χ4n) is 2.94. The first-order valence-electron chi connectivity index (χ1n) is 7.76. The fourth-order valence-corrected chi connectivity index (χ4v) is 2.94. The van der Waals surface area contributed by atoms with E-state index in [0.29, 0.717) is 5.92 Å². The fraction of sp³-hybridized carbons (Fsp3) is 0.588. The number of carbonyl (C=O) groups is 1. The van der Waals surface area contributed by atoms with Crippen LogP contribution in [0.2, 0.25) is 0 Å². The van der Waals surface area contributed by atoms with Crippen LogP contribution in [0, 0.1) is 5.92 Å². The summed E-state index contributed by atoms with van der Waals surface area (Å²) in [6.45, 7) is 3.42. The van der Waals surface area contributed by atoms with Crippen molar-refractivity contribution in [1.29, 1.82) is 0 Å². The number of hydrogen-bond acceptors (Lipinski definition) is 3. The molecule has 3 N–H and O–H groups in total. The van der Waals surface area contributed by atoms with Crippen molar-refractivity contribution in [2.24, 2.45) is 5.92 Å². The maximum Gasteiger partial charge on any atom is 0.310 e. The Bertz CT molecular complexity index is 458. The van der Waals surface area contributed by atoms with Gasteiger partial charge in [-0.3, -0.25) is 4.79 Å². The molecule has 4 heteroatoms. The van der Waals surface area contributed by atoms with Gasteiger partial charge in [0.05, 0.1) is 12.0 Å². The first-order valence-corrected chi connectivity index (χ1v) is 7.76. The molecule has 0 spiro atoms. The normalized spacial score (nSPS) is 23.7. The number of carboxylic acid groups (broad SMARTS) is 1. The molecule has 3 unspecified atom stereocenters. The molecule has 1 aromatic rings. The van der Waals surface area contributed by atoms with Crippen LogP contribution < -0.4 is 5.32 Å². The van der Waals surface area contributed by atoms with Crippen molar-refractivity contribution in [3.63, 3.8) is 0 Å². The minimum atomic E-state index is -0.795. The molecule has 1 fully saturated rings. The van der Waals surface area contributed by atoms with E-state index >= 15 is 0 Å². The Balaban J connectivity index is 1.77. The lowest BCUT2D eigenvalue weighted by molar-refractivity contribution is -0.138. The molecule has 0 saturated heterocycles. The summed E-state index contributed by atoms with van der Waals surface area (Å²) in [5, 5.41) is 22.1. The number of rotatable bonds is 6. The van der Waals surface area contributed by atoms with Crippen LogP contribution in [0.25, 0.3) is 0 Å². The van der Waals surface area contributed by atoms with Crippen LogP contribution in [0.1, 0.15) is 49.7 Å². The SMILES string of the molecule is CC(C(=O)O)c1ccc(CNCC2CCCC(O)C2)cc1. The number of carboxylic acids is 1. The number of benzene rings is 1. The van der Waals surface area contributed by atoms with Gasteiger partial charge in [-0.1, -0.05) is 30.7 Å². The zero-order valence-electron chi connectivity index (χ0n) is 12.6. The van der Waals surface area contributed by atoms with Crippen LogP contribution in [-0.2, 0) is 11.3 Å². The Hall–Kier alpha value is -1.39. The number of nitrogens with one attached hydrogen (secondary N) is 1. The van der Waals surface area contributed by atoms with Crippen LogP contribution in [0.4, 0.5) is 0 Å². The van der Waals surface area contributed by atoms with Gasteiger partial charge in [-0.05, 0) is 49.8 Å². The lowest BCUT2D eigenvalue weighted by atomic mass is 9.87. The highest BCUT2D eigenvalue weighted by atomic mass is 16.4. The van der Waals surface area contributed by atoms with Crippen LogP contribution >= 0.6 is 0 Å². The lowest BCUT2D eigenvalue weighted by Gasteiger charge is -2.26. The number of hydrogen-bond donors (Lipinski definition) is 3. The molecule has 0 aliphatic heterocycles. The van der Waals surface area contributed by atoms with Crippen molar-refractivity contribution < 1.29 is 15.0 Å². The van der Waals surface area contributed by atoms with Gasteiger partial charge < -0.3 is 15.5 Å². The van der Waals surface area contributed by atoms with Crippen LogP contribution in [0.5, 0.6) is 0 Å². The molecule has 0 aromatic heterocycles. The Morgan fingerprint density at radius 2 is 2.05 bits per heavy atom. The molecule has 1 aromatic carbocycles. The van der Waals surface area contributed by atoms with Gasteiger partial charge in [0.1, 0.15) is 0 Å². The molecule has 1 saturated carbocycles. The van der Waals surface area contributed by atoms with E-state index in [2.05, 4.69) is 5.32 Å². The molecule has 0 amide bonds. The number of aliphatic hydroxyl groups excluding tert-OH is 1. The Labute approximate surface area is 126 Å². The van der Waals surface area contributed by atoms with E-state index in [1.54, 1.807) is 6.92 Å². The van der Waals surface area contributed by atoms with E-state index in [-0.39, 0.29) is 6.10 Å². The van der Waals surface area contributed by atoms with Gasteiger partial charge in [0.2, 0.25) is 0 Å². The highest BCUT2D eigenvalue weighted by molar-refractivity contribution is 5.75. The van der Waals surface area contributed by atoms with E-state index in [4.69, 9.17) is 5.11 Å². The molecule has 2 rings (SSSR count). The van der Waals surface area contributed by atoms with Crippen molar-refractivity contribution in [1.82, 2.24) is 5.32 Å². The summed E-state index contributed by atoms with van der Waals surface area (Å²) in [5.74, 6) is -0.687. The van der Waals surface area contributed by atoms with E-state index in [0.717, 1.165) is 43.5 Å². The van der Waals surface area contributed by atoms with Crippen molar-refractivity contribution in [3.8, 4) is 0 Å². The topological polar surface area (TPSA) is 69.6 Å². The minimum Gasteiger partial charge on any atom is -0.481 e. The molecule has 3 atom stereocenters. The maximum absolute atomic E-state index is 10.9. The molecule has 0 radical (unpaired) electrons. The minimum absolute atomic E-state index is 0.123. The standard InChI is InChI=1S/C17H25NO3/c1-12(17(20)21)15-7-5-13(6-8-15)10-18-11-14-3-2-4-16(19)9-14/h5-8,12,14,16,18-19H,2-4,9-11H2,1H3,(H,20,21). The number of aliphatic carboxylic acids is 1. The predicted octanol–water partition coefficient (Wildman–Crippen LogP) is 2.52. The van der Waals surface area contributed by atoms with E-state index < -0.39 is 11.9 Å². The lowest BCUT2D eigenvalue weighted by Crippen LogP contribution is -2.28. The zero-order chi connectivity index (χ0) is 15.2. The summed E-state index contributed by atoms with van der Waals surface area (Å²) >= 11 is 0. The summed E-state index contributed by atoms with van der Waals surface area (Å²) < 4.78 is 0. The second-order valence-corrected chi connectivity index (χ2v) is 6.12. The van der Waals surface area contributed by atoms with Crippen molar-refractivity contribution >= 4 is 5.97 Å². The average molecular weight is 291 g/mol. The Morgan fingerprint density at radius 1 is 1.33 bits per heavy atom. The molecule has 0 heterocycles. The third-order valence-corrected chi connectivity index (χ3v) is 4.37. The van der Waals surface area contributed by atoms with Crippen LogP contribution in [0.3, 0.4) is 0 Å². The van der Waals surface area contributed by atoms with E-state index in [1.165, 1.54) is 6.42 Å². The second kappa shape index (κ2) is 7.57. The summed E-state index contributed by atoms with van der Waals surface area (Å²) in [6, 6.07) is 7.75. The molecule has 1 aliphatic rings. The highest BCUT2D eigenvalue weighted by Crippen LogP contribution is 2.23. The summed E-state index contributed by atoms with van der Waals surface area (Å²) in [4.78, 5) is 10.9. The zero-order valence-corrected chi connectivity index (χ0v) is 12.6. The van der Waals surface area contributed by atoms with Crippen LogP contribution in [0.15, 0.2) is 24.3 Å². The third kappa shape index (κ3) is 4.83. The average Bonchev–Trinajstić information content (AvgIpc) is 2.47. The first kappa shape index (κ1) is 16.0. The largest absolute Gasteiger partial charge is 0.481 e. The van der Waals surface area contributed by atoms with E-state index in [1.807, 2.05) is 24.3 Å². The van der Waals surface area contributed by atoms with Crippen molar-refractivity contribution in [2.75, 3.05) is 6.54 Å². The first-order chi connectivity index (χ1) is 10.1. The van der Waals surface area contributed by atoms with Gasteiger partial charge in [0.25, 0.3) is 0 Å². The molecule has 4 nitrogen and oxygen atoms in total. The monoisotopic (exact) mass is 291 g/mol. The summed E-state index contributed by atoms with van der Waals surface area (Å²) in [6.07, 6.45) is 4.04. The molecular weight excluding hydrogens is 266 g/mol. The van der Waals surface area contributed by atoms with Gasteiger partial charge in [-0.15, -0.1) is 0 Å². The number of aliphatic hydroxyl groups is 1. The quantitative estimate of drug-likeness (QED) is 0.753. The van der Waals surface area contributed by atoms with Gasteiger partial charge in [-0.25, -0.2) is 0 Å². The molecular formula is C17H25NO3. The predicted molar refractivity (Wildman–Crippen MR) is 82.2 cm³/mol. The van der Waals surface area contributed by atoms with Gasteiger partial charge in [0, 0.05) is 6.54 Å². The molecule has 21 heavy (non-hydrogen) atoms. The smallest absolute Gasteiger partial charge is 0.310 e. The highest BCUT2D eigenvalue weighted by Gasteiger charge is 2.19. The van der Waals surface area contributed by atoms with E-state index in [9.17, 15) is 9.90 Å². The van der Waals surface area contributed by atoms with Crippen molar-refractivity contribution in [2.45, 2.75) is 51.2 Å². The van der Waals surface area contributed by atoms with Crippen molar-refractivity contribution in [3.05, 3.63) is 35.4 Å². The Morgan fingerprint density at radius 3 is 2.67 bits per heavy atom. The molecule has 116 valence electrons. The molecule has 1 aliphatic carbocycles. The second-order valence-electron chi connectivity index (χ2n) is 6.12. The molecule has 0 bridgehead atoms. The summed E-state index contributed by atoms with van der Waals surface area (Å²) in [5.41, 5.74) is 1.99. The van der Waals surface area contributed by atoms with Crippen LogP contribution in [-0.4, -0.2) is 28.8 Å². The maximum atomic E-state index is 10.9. The summed E-state index contributed by atoms with van der Waals surface area (Å²) in [7, 11) is 0. The third-order valence-electron chi connectivity index (χ3n) is 4.37. The van der Waals surface area contributed by atoms with Gasteiger partial charge in [0.15, 0.2) is 0 Å². The van der Waals surface area contributed by atoms with Gasteiger partial charge in [-0.2, -0.15) is 0 Å². The van der Waals surface area contributed by atoms with Gasteiger partial charge >= 0.3 is 5.97 Å².